The van der Waals surface area contributed by atoms with Crippen LogP contribution in [0.5, 0.6) is 0 Å². The normalized spacial score (nSPS) is 14.8. The summed E-state index contributed by atoms with van der Waals surface area (Å²) in [6.07, 6.45) is 5.33. The molecule has 0 bridgehead atoms. The molecule has 1 aliphatic rings. The molecule has 3 aromatic rings. The van der Waals surface area contributed by atoms with Crippen molar-refractivity contribution in [3.05, 3.63) is 68.7 Å². The standard InChI is InChI=1S/C21H21Cl3N4O2/c22-16-6-4-14(10-17(16)23)11-28-13-18(24)20(26-28)25-21(29)19-7-5-15(30-19)12-27-8-2-1-3-9-27/h4-7,10,13H,1-3,8-9,11-12H2,(H,25,26,29). The number of aromatic nitrogens is 2. The lowest BCUT2D eigenvalue weighted by molar-refractivity contribution is 0.0991. The van der Waals surface area contributed by atoms with Crippen molar-refractivity contribution in [1.82, 2.24) is 14.7 Å². The number of amides is 1. The molecule has 9 heteroatoms. The number of carbonyl (C=O) groups excluding carboxylic acids is 1. The van der Waals surface area contributed by atoms with Crippen LogP contribution < -0.4 is 5.32 Å². The van der Waals surface area contributed by atoms with Crippen LogP contribution in [0.4, 0.5) is 5.82 Å². The maximum atomic E-state index is 12.6. The molecule has 3 heterocycles. The van der Waals surface area contributed by atoms with E-state index in [2.05, 4.69) is 15.3 Å². The first-order chi connectivity index (χ1) is 14.5. The Bertz CT molecular complexity index is 1040. The predicted octanol–water partition coefficient (Wildman–Crippen LogP) is 5.72. The molecular weight excluding hydrogens is 447 g/mol. The molecule has 30 heavy (non-hydrogen) atoms. The highest BCUT2D eigenvalue weighted by Crippen LogP contribution is 2.25. The summed E-state index contributed by atoms with van der Waals surface area (Å²) >= 11 is 18.3. The van der Waals surface area contributed by atoms with E-state index in [1.165, 1.54) is 19.3 Å². The molecule has 1 amide bonds. The molecule has 1 N–H and O–H groups in total. The highest BCUT2D eigenvalue weighted by Gasteiger charge is 2.18. The molecule has 0 unspecified atom stereocenters. The van der Waals surface area contributed by atoms with Crippen LogP contribution in [0.25, 0.3) is 0 Å². The summed E-state index contributed by atoms with van der Waals surface area (Å²) in [6.45, 7) is 3.28. The third-order valence-corrected chi connectivity index (χ3v) is 6.01. The molecule has 1 saturated heterocycles. The minimum absolute atomic E-state index is 0.233. The van der Waals surface area contributed by atoms with Gasteiger partial charge in [-0.25, -0.2) is 0 Å². The maximum absolute atomic E-state index is 12.6. The van der Waals surface area contributed by atoms with Gasteiger partial charge < -0.3 is 9.73 Å². The van der Waals surface area contributed by atoms with E-state index >= 15 is 0 Å². The number of carbonyl (C=O) groups is 1. The number of nitrogens with zero attached hydrogens (tertiary/aromatic N) is 3. The summed E-state index contributed by atoms with van der Waals surface area (Å²) < 4.78 is 7.35. The number of benzene rings is 1. The second-order valence-corrected chi connectivity index (χ2v) is 8.55. The maximum Gasteiger partial charge on any atom is 0.292 e. The Morgan fingerprint density at radius 3 is 2.57 bits per heavy atom. The van der Waals surface area contributed by atoms with Gasteiger partial charge in [-0.05, 0) is 55.8 Å². The highest BCUT2D eigenvalue weighted by atomic mass is 35.5. The van der Waals surface area contributed by atoms with Crippen molar-refractivity contribution in [2.24, 2.45) is 0 Å². The van der Waals surface area contributed by atoms with Gasteiger partial charge in [0.05, 0.1) is 23.1 Å². The Kier molecular flexibility index (Phi) is 6.68. The first-order valence-corrected chi connectivity index (χ1v) is 10.9. The van der Waals surface area contributed by atoms with Gasteiger partial charge >= 0.3 is 0 Å². The number of furan rings is 1. The van der Waals surface area contributed by atoms with E-state index in [0.717, 1.165) is 24.4 Å². The summed E-state index contributed by atoms with van der Waals surface area (Å²) in [7, 11) is 0. The van der Waals surface area contributed by atoms with Crippen LogP contribution in [-0.2, 0) is 13.1 Å². The average Bonchev–Trinajstić information content (AvgIpc) is 3.32. The predicted molar refractivity (Wildman–Crippen MR) is 119 cm³/mol. The molecule has 4 rings (SSSR count). The monoisotopic (exact) mass is 466 g/mol. The molecule has 1 aliphatic heterocycles. The second-order valence-electron chi connectivity index (χ2n) is 7.33. The number of anilines is 1. The van der Waals surface area contributed by atoms with Crippen LogP contribution in [0.1, 0.15) is 41.1 Å². The lowest BCUT2D eigenvalue weighted by atomic mass is 10.1. The fourth-order valence-electron chi connectivity index (χ4n) is 3.48. The molecule has 1 fully saturated rings. The van der Waals surface area contributed by atoms with Gasteiger partial charge in [0.25, 0.3) is 5.91 Å². The fourth-order valence-corrected chi connectivity index (χ4v) is 4.00. The molecule has 0 saturated carbocycles. The smallest absolute Gasteiger partial charge is 0.292 e. The number of likely N-dealkylation sites (tertiary alicyclic amines) is 1. The third kappa shape index (κ3) is 5.19. The minimum atomic E-state index is -0.387. The van der Waals surface area contributed by atoms with Gasteiger partial charge in [0.2, 0.25) is 0 Å². The molecule has 6 nitrogen and oxygen atoms in total. The van der Waals surface area contributed by atoms with Crippen molar-refractivity contribution in [3.63, 3.8) is 0 Å². The van der Waals surface area contributed by atoms with Gasteiger partial charge in [-0.3, -0.25) is 14.4 Å². The first kappa shape index (κ1) is 21.2. The van der Waals surface area contributed by atoms with Crippen LogP contribution in [0.15, 0.2) is 40.9 Å². The molecule has 0 radical (unpaired) electrons. The van der Waals surface area contributed by atoms with Gasteiger partial charge in [-0.2, -0.15) is 5.10 Å². The third-order valence-electron chi connectivity index (χ3n) is 4.99. The molecule has 0 atom stereocenters. The van der Waals surface area contributed by atoms with Gasteiger partial charge in [0.15, 0.2) is 11.6 Å². The summed E-state index contributed by atoms with van der Waals surface area (Å²) in [4.78, 5) is 14.9. The summed E-state index contributed by atoms with van der Waals surface area (Å²) in [5.41, 5.74) is 0.912. The highest BCUT2D eigenvalue weighted by molar-refractivity contribution is 6.42. The Labute approximate surface area is 189 Å². The van der Waals surface area contributed by atoms with E-state index in [1.807, 2.05) is 12.1 Å². The SMILES string of the molecule is O=C(Nc1nn(Cc2ccc(Cl)c(Cl)c2)cc1Cl)c1ccc(CN2CCCCC2)o1. The number of halogens is 3. The lowest BCUT2D eigenvalue weighted by Gasteiger charge is -2.25. The van der Waals surface area contributed by atoms with Crippen LogP contribution in [-0.4, -0.2) is 33.7 Å². The van der Waals surface area contributed by atoms with Gasteiger partial charge in [0.1, 0.15) is 10.8 Å². The van der Waals surface area contributed by atoms with Crippen LogP contribution in [0, 0.1) is 0 Å². The molecular formula is C21H21Cl3N4O2. The summed E-state index contributed by atoms with van der Waals surface area (Å²) in [5, 5.41) is 8.36. The molecule has 158 valence electrons. The van der Waals surface area contributed by atoms with Crippen molar-refractivity contribution >= 4 is 46.5 Å². The Morgan fingerprint density at radius 1 is 1.00 bits per heavy atom. The molecule has 1 aromatic carbocycles. The quantitative estimate of drug-likeness (QED) is 0.503. The van der Waals surface area contributed by atoms with Crippen molar-refractivity contribution < 1.29 is 9.21 Å². The number of hydrogen-bond acceptors (Lipinski definition) is 4. The first-order valence-electron chi connectivity index (χ1n) is 9.77. The molecule has 0 aliphatic carbocycles. The van der Waals surface area contributed by atoms with Crippen LogP contribution >= 0.6 is 34.8 Å². The van der Waals surface area contributed by atoms with Gasteiger partial charge in [-0.15, -0.1) is 0 Å². The summed E-state index contributed by atoms with van der Waals surface area (Å²) in [5.74, 6) is 0.896. The Balaban J connectivity index is 1.39. The number of piperidine rings is 1. The van der Waals surface area contributed by atoms with E-state index in [0.29, 0.717) is 28.2 Å². The number of hydrogen-bond donors (Lipinski definition) is 1. The van der Waals surface area contributed by atoms with Crippen molar-refractivity contribution in [2.45, 2.75) is 32.4 Å². The number of rotatable bonds is 6. The van der Waals surface area contributed by atoms with E-state index in [-0.39, 0.29) is 17.5 Å². The van der Waals surface area contributed by atoms with Crippen molar-refractivity contribution in [1.29, 1.82) is 0 Å². The Morgan fingerprint density at radius 2 is 1.80 bits per heavy atom. The fraction of sp³-hybridized carbons (Fsp3) is 0.333. The van der Waals surface area contributed by atoms with E-state index in [4.69, 9.17) is 39.2 Å². The topological polar surface area (TPSA) is 63.3 Å². The Hall–Kier alpha value is -1.99. The molecule has 0 spiro atoms. The largest absolute Gasteiger partial charge is 0.455 e. The van der Waals surface area contributed by atoms with E-state index < -0.39 is 0 Å². The zero-order valence-electron chi connectivity index (χ0n) is 16.2. The minimum Gasteiger partial charge on any atom is -0.455 e. The van der Waals surface area contributed by atoms with Crippen LogP contribution in [0.3, 0.4) is 0 Å². The zero-order chi connectivity index (χ0) is 21.1. The zero-order valence-corrected chi connectivity index (χ0v) is 18.5. The van der Waals surface area contributed by atoms with Gasteiger partial charge in [0, 0.05) is 6.20 Å². The summed E-state index contributed by atoms with van der Waals surface area (Å²) in [6, 6.07) is 8.87. The van der Waals surface area contributed by atoms with Crippen molar-refractivity contribution in [3.8, 4) is 0 Å². The lowest BCUT2D eigenvalue weighted by Crippen LogP contribution is -2.28. The second kappa shape index (κ2) is 9.43. The van der Waals surface area contributed by atoms with E-state index in [1.54, 1.807) is 29.1 Å². The van der Waals surface area contributed by atoms with E-state index in [9.17, 15) is 4.79 Å². The van der Waals surface area contributed by atoms with Crippen molar-refractivity contribution in [2.75, 3.05) is 18.4 Å². The number of nitrogens with one attached hydrogen (secondary N) is 1. The average molecular weight is 468 g/mol. The molecule has 2 aromatic heterocycles. The van der Waals surface area contributed by atoms with Crippen LogP contribution in [0.2, 0.25) is 15.1 Å². The van der Waals surface area contributed by atoms with Gasteiger partial charge in [-0.1, -0.05) is 47.3 Å².